The molecule has 0 unspecified atom stereocenters. The summed E-state index contributed by atoms with van der Waals surface area (Å²) in [5, 5.41) is 0. The third-order valence-electron chi connectivity index (χ3n) is 4.96. The van der Waals surface area contributed by atoms with Crippen LogP contribution in [0.25, 0.3) is 0 Å². The molecule has 126 valence electrons. The van der Waals surface area contributed by atoms with Crippen molar-refractivity contribution < 1.29 is 0 Å². The van der Waals surface area contributed by atoms with E-state index < -0.39 is 0 Å². The molecule has 0 bridgehead atoms. The van der Waals surface area contributed by atoms with Crippen molar-refractivity contribution in [1.82, 2.24) is 14.9 Å². The van der Waals surface area contributed by atoms with Crippen molar-refractivity contribution in [3.05, 3.63) is 48.2 Å². The number of nitrogens with zero attached hydrogens (tertiary/aromatic N) is 5. The number of piperazine rings is 1. The van der Waals surface area contributed by atoms with Gasteiger partial charge in [-0.2, -0.15) is 4.98 Å². The molecule has 0 spiro atoms. The highest BCUT2D eigenvalue weighted by atomic mass is 15.3. The largest absolute Gasteiger partial charge is 0.354 e. The predicted octanol–water partition coefficient (Wildman–Crippen LogP) is 2.40. The Labute approximate surface area is 143 Å². The van der Waals surface area contributed by atoms with Gasteiger partial charge in [0, 0.05) is 52.0 Å². The van der Waals surface area contributed by atoms with Crippen molar-refractivity contribution in [2.75, 3.05) is 49.1 Å². The fourth-order valence-corrected chi connectivity index (χ4v) is 3.56. The van der Waals surface area contributed by atoms with Crippen LogP contribution in [0.15, 0.2) is 42.6 Å². The minimum Gasteiger partial charge on any atom is -0.354 e. The van der Waals surface area contributed by atoms with E-state index in [1.807, 2.05) is 12.3 Å². The number of hydrogen-bond acceptors (Lipinski definition) is 5. The average Bonchev–Trinajstić information content (AvgIpc) is 3.18. The van der Waals surface area contributed by atoms with Crippen LogP contribution in [-0.2, 0) is 6.54 Å². The van der Waals surface area contributed by atoms with Crippen LogP contribution >= 0.6 is 0 Å². The Balaban J connectivity index is 1.36. The Morgan fingerprint density at radius 2 is 1.54 bits per heavy atom. The van der Waals surface area contributed by atoms with Crippen LogP contribution in [0.4, 0.5) is 11.8 Å². The molecule has 0 amide bonds. The maximum absolute atomic E-state index is 4.81. The molecule has 0 radical (unpaired) electrons. The van der Waals surface area contributed by atoms with E-state index in [1.54, 1.807) is 0 Å². The fourth-order valence-electron chi connectivity index (χ4n) is 3.56. The van der Waals surface area contributed by atoms with Crippen LogP contribution in [0.3, 0.4) is 0 Å². The quantitative estimate of drug-likeness (QED) is 0.863. The highest BCUT2D eigenvalue weighted by molar-refractivity contribution is 5.44. The van der Waals surface area contributed by atoms with Crippen molar-refractivity contribution in [3.8, 4) is 0 Å². The Morgan fingerprint density at radius 3 is 2.29 bits per heavy atom. The summed E-state index contributed by atoms with van der Waals surface area (Å²) < 4.78 is 0. The molecule has 0 saturated carbocycles. The lowest BCUT2D eigenvalue weighted by Gasteiger charge is -2.35. The van der Waals surface area contributed by atoms with E-state index in [4.69, 9.17) is 4.98 Å². The summed E-state index contributed by atoms with van der Waals surface area (Å²) in [5.74, 6) is 1.97. The van der Waals surface area contributed by atoms with Gasteiger partial charge in [0.2, 0.25) is 5.95 Å². The molecule has 5 heteroatoms. The first kappa shape index (κ1) is 15.4. The fraction of sp³-hybridized carbons (Fsp3) is 0.474. The molecular weight excluding hydrogens is 298 g/mol. The lowest BCUT2D eigenvalue weighted by molar-refractivity contribution is 0.249. The second-order valence-electron chi connectivity index (χ2n) is 6.66. The first-order chi connectivity index (χ1) is 11.9. The second kappa shape index (κ2) is 7.18. The smallest absolute Gasteiger partial charge is 0.227 e. The first-order valence-electron chi connectivity index (χ1n) is 8.98. The molecule has 1 aromatic heterocycles. The van der Waals surface area contributed by atoms with E-state index in [1.165, 1.54) is 18.4 Å². The van der Waals surface area contributed by atoms with Gasteiger partial charge in [0.15, 0.2) is 0 Å². The molecule has 2 aliphatic rings. The molecule has 2 fully saturated rings. The molecule has 2 aromatic rings. The number of aromatic nitrogens is 2. The zero-order valence-corrected chi connectivity index (χ0v) is 14.1. The molecule has 2 aliphatic heterocycles. The first-order valence-corrected chi connectivity index (χ1v) is 8.98. The van der Waals surface area contributed by atoms with Gasteiger partial charge in [-0.15, -0.1) is 0 Å². The van der Waals surface area contributed by atoms with Gasteiger partial charge in [0.05, 0.1) is 0 Å². The summed E-state index contributed by atoms with van der Waals surface area (Å²) in [4.78, 5) is 16.5. The molecule has 1 aromatic carbocycles. The Hall–Kier alpha value is -2.14. The zero-order chi connectivity index (χ0) is 16.2. The minimum atomic E-state index is 0.900. The van der Waals surface area contributed by atoms with Crippen molar-refractivity contribution in [3.63, 3.8) is 0 Å². The molecule has 0 N–H and O–H groups in total. The number of anilines is 2. The molecule has 3 heterocycles. The lowest BCUT2D eigenvalue weighted by atomic mass is 10.2. The Morgan fingerprint density at radius 1 is 0.792 bits per heavy atom. The van der Waals surface area contributed by atoms with E-state index in [9.17, 15) is 0 Å². The van der Waals surface area contributed by atoms with E-state index in [2.05, 4.69) is 50.0 Å². The lowest BCUT2D eigenvalue weighted by Crippen LogP contribution is -2.46. The Kier molecular flexibility index (Phi) is 4.60. The number of hydrogen-bond donors (Lipinski definition) is 0. The van der Waals surface area contributed by atoms with Crippen molar-refractivity contribution in [2.45, 2.75) is 19.4 Å². The minimum absolute atomic E-state index is 0.900. The van der Waals surface area contributed by atoms with Crippen LogP contribution < -0.4 is 9.80 Å². The van der Waals surface area contributed by atoms with Crippen LogP contribution in [0.1, 0.15) is 18.4 Å². The van der Waals surface area contributed by atoms with E-state index in [0.29, 0.717) is 0 Å². The van der Waals surface area contributed by atoms with Gasteiger partial charge in [0.25, 0.3) is 0 Å². The number of benzene rings is 1. The van der Waals surface area contributed by atoms with Crippen LogP contribution in [-0.4, -0.2) is 54.1 Å². The topological polar surface area (TPSA) is 35.5 Å². The molecular formula is C19H25N5. The molecule has 24 heavy (non-hydrogen) atoms. The summed E-state index contributed by atoms with van der Waals surface area (Å²) in [5.41, 5.74) is 1.39. The summed E-state index contributed by atoms with van der Waals surface area (Å²) in [7, 11) is 0. The van der Waals surface area contributed by atoms with Gasteiger partial charge in [0.1, 0.15) is 5.82 Å². The summed E-state index contributed by atoms with van der Waals surface area (Å²) in [6.45, 7) is 7.45. The van der Waals surface area contributed by atoms with E-state index >= 15 is 0 Å². The highest BCUT2D eigenvalue weighted by Crippen LogP contribution is 2.20. The molecule has 2 saturated heterocycles. The third-order valence-corrected chi connectivity index (χ3v) is 4.96. The highest BCUT2D eigenvalue weighted by Gasteiger charge is 2.20. The Bertz CT molecular complexity index is 646. The molecule has 0 atom stereocenters. The average molecular weight is 323 g/mol. The predicted molar refractivity (Wildman–Crippen MR) is 97.4 cm³/mol. The normalized spacial score (nSPS) is 19.0. The van der Waals surface area contributed by atoms with Crippen LogP contribution in [0, 0.1) is 0 Å². The van der Waals surface area contributed by atoms with Crippen molar-refractivity contribution in [1.29, 1.82) is 0 Å². The SMILES string of the molecule is c1ccc(CN2CCN(c3ccnc(N4CCCC4)n3)CC2)cc1. The summed E-state index contributed by atoms with van der Waals surface area (Å²) >= 11 is 0. The standard InChI is InChI=1S/C19H25N5/c1-2-6-17(7-3-1)16-22-12-14-23(15-13-22)18-8-9-20-19(21-18)24-10-4-5-11-24/h1-3,6-9H,4-5,10-16H2. The van der Waals surface area contributed by atoms with Gasteiger partial charge >= 0.3 is 0 Å². The monoisotopic (exact) mass is 323 g/mol. The van der Waals surface area contributed by atoms with Gasteiger partial charge in [-0.25, -0.2) is 4.98 Å². The van der Waals surface area contributed by atoms with Crippen molar-refractivity contribution in [2.24, 2.45) is 0 Å². The van der Waals surface area contributed by atoms with Crippen molar-refractivity contribution >= 4 is 11.8 Å². The maximum Gasteiger partial charge on any atom is 0.227 e. The van der Waals surface area contributed by atoms with Gasteiger partial charge in [-0.3, -0.25) is 4.90 Å². The second-order valence-corrected chi connectivity index (χ2v) is 6.66. The maximum atomic E-state index is 4.81. The summed E-state index contributed by atoms with van der Waals surface area (Å²) in [6.07, 6.45) is 4.42. The van der Waals surface area contributed by atoms with E-state index in [-0.39, 0.29) is 0 Å². The van der Waals surface area contributed by atoms with Gasteiger partial charge in [-0.05, 0) is 24.5 Å². The third kappa shape index (κ3) is 3.51. The van der Waals surface area contributed by atoms with Gasteiger partial charge < -0.3 is 9.80 Å². The molecule has 5 nitrogen and oxygen atoms in total. The molecule has 4 rings (SSSR count). The number of rotatable bonds is 4. The van der Waals surface area contributed by atoms with Crippen LogP contribution in [0.5, 0.6) is 0 Å². The van der Waals surface area contributed by atoms with Gasteiger partial charge in [-0.1, -0.05) is 30.3 Å². The van der Waals surface area contributed by atoms with E-state index in [0.717, 1.165) is 57.6 Å². The summed E-state index contributed by atoms with van der Waals surface area (Å²) in [6, 6.07) is 12.8. The van der Waals surface area contributed by atoms with Crippen LogP contribution in [0.2, 0.25) is 0 Å². The zero-order valence-electron chi connectivity index (χ0n) is 14.1. The molecule has 0 aliphatic carbocycles.